The van der Waals surface area contributed by atoms with Crippen LogP contribution in [0.25, 0.3) is 11.3 Å². The number of hydrogen-bond donors (Lipinski definition) is 1. The molecule has 1 heterocycles. The summed E-state index contributed by atoms with van der Waals surface area (Å²) < 4.78 is 13.5. The number of nitrogens with zero attached hydrogens (tertiary/aromatic N) is 2. The van der Waals surface area contributed by atoms with Crippen LogP contribution in [0.4, 0.5) is 10.2 Å². The molecule has 0 aliphatic heterocycles. The Balaban J connectivity index is 2.65. The quantitative estimate of drug-likeness (QED) is 0.882. The minimum Gasteiger partial charge on any atom is -0.371 e. The Hall–Kier alpha value is -1.97. The summed E-state index contributed by atoms with van der Waals surface area (Å²) >= 11 is 0. The molecule has 0 radical (unpaired) electrons. The second-order valence-electron chi connectivity index (χ2n) is 4.36. The van der Waals surface area contributed by atoms with Crippen LogP contribution in [0.5, 0.6) is 0 Å². The molecule has 1 aromatic carbocycles. The highest BCUT2D eigenvalue weighted by Gasteiger charge is 2.11. The van der Waals surface area contributed by atoms with Gasteiger partial charge in [0, 0.05) is 12.6 Å². The van der Waals surface area contributed by atoms with Gasteiger partial charge >= 0.3 is 0 Å². The average Bonchev–Trinajstić information content (AvgIpc) is 2.30. The van der Waals surface area contributed by atoms with Crippen molar-refractivity contribution in [2.75, 3.05) is 12.4 Å². The molecular weight excluding hydrogens is 229 g/mol. The summed E-state index contributed by atoms with van der Waals surface area (Å²) in [6.07, 6.45) is 0. The molecule has 0 atom stereocenters. The molecule has 0 fully saturated rings. The topological polar surface area (TPSA) is 37.8 Å². The Kier molecular flexibility index (Phi) is 3.28. The van der Waals surface area contributed by atoms with Crippen molar-refractivity contribution < 1.29 is 4.39 Å². The number of aryl methyl sites for hydroxylation is 3. The molecule has 0 spiro atoms. The first-order valence-corrected chi connectivity index (χ1v) is 5.82. The van der Waals surface area contributed by atoms with Gasteiger partial charge in [0.2, 0.25) is 0 Å². The van der Waals surface area contributed by atoms with Crippen molar-refractivity contribution in [2.45, 2.75) is 20.8 Å². The van der Waals surface area contributed by atoms with Crippen molar-refractivity contribution >= 4 is 5.82 Å². The van der Waals surface area contributed by atoms with Crippen molar-refractivity contribution in [3.05, 3.63) is 41.0 Å². The van der Waals surface area contributed by atoms with Crippen molar-refractivity contribution in [3.8, 4) is 11.3 Å². The fourth-order valence-electron chi connectivity index (χ4n) is 1.85. The normalized spacial score (nSPS) is 10.5. The lowest BCUT2D eigenvalue weighted by atomic mass is 10.1. The zero-order valence-corrected chi connectivity index (χ0v) is 11.0. The maximum atomic E-state index is 13.5. The van der Waals surface area contributed by atoms with E-state index >= 15 is 0 Å². The monoisotopic (exact) mass is 245 g/mol. The standard InChI is InChI=1S/C14H16FN3/c1-8-5-11(7-12(15)6-8)13-14(16-4)18-10(3)9(2)17-13/h5-7H,1-4H3,(H,16,18). The first-order valence-electron chi connectivity index (χ1n) is 5.82. The molecule has 18 heavy (non-hydrogen) atoms. The maximum Gasteiger partial charge on any atom is 0.152 e. The fourth-order valence-corrected chi connectivity index (χ4v) is 1.85. The van der Waals surface area contributed by atoms with Gasteiger partial charge in [-0.05, 0) is 44.5 Å². The predicted octanol–water partition coefficient (Wildman–Crippen LogP) is 3.25. The van der Waals surface area contributed by atoms with E-state index in [1.165, 1.54) is 12.1 Å². The molecule has 0 aliphatic rings. The van der Waals surface area contributed by atoms with Crippen LogP contribution in [0.1, 0.15) is 17.0 Å². The Morgan fingerprint density at radius 3 is 2.28 bits per heavy atom. The highest BCUT2D eigenvalue weighted by molar-refractivity contribution is 5.72. The van der Waals surface area contributed by atoms with E-state index in [4.69, 9.17) is 0 Å². The summed E-state index contributed by atoms with van der Waals surface area (Å²) in [4.78, 5) is 8.94. The highest BCUT2D eigenvalue weighted by Crippen LogP contribution is 2.26. The van der Waals surface area contributed by atoms with Crippen LogP contribution in [0, 0.1) is 26.6 Å². The molecule has 0 unspecified atom stereocenters. The Morgan fingerprint density at radius 1 is 1.00 bits per heavy atom. The van der Waals surface area contributed by atoms with Crippen molar-refractivity contribution in [1.82, 2.24) is 9.97 Å². The van der Waals surface area contributed by atoms with Gasteiger partial charge in [0.15, 0.2) is 5.82 Å². The van der Waals surface area contributed by atoms with Gasteiger partial charge in [-0.2, -0.15) is 0 Å². The van der Waals surface area contributed by atoms with Crippen LogP contribution in [0.15, 0.2) is 18.2 Å². The van der Waals surface area contributed by atoms with E-state index in [0.29, 0.717) is 11.5 Å². The van der Waals surface area contributed by atoms with Crippen LogP contribution >= 0.6 is 0 Å². The van der Waals surface area contributed by atoms with Crippen LogP contribution < -0.4 is 5.32 Å². The molecule has 0 amide bonds. The number of benzene rings is 1. The lowest BCUT2D eigenvalue weighted by Crippen LogP contribution is -2.03. The second kappa shape index (κ2) is 4.72. The number of hydrogen-bond acceptors (Lipinski definition) is 3. The van der Waals surface area contributed by atoms with E-state index in [0.717, 1.165) is 22.5 Å². The molecule has 0 saturated heterocycles. The third kappa shape index (κ3) is 2.32. The van der Waals surface area contributed by atoms with Crippen molar-refractivity contribution in [1.29, 1.82) is 0 Å². The maximum absolute atomic E-state index is 13.5. The molecule has 94 valence electrons. The molecule has 0 bridgehead atoms. The SMILES string of the molecule is CNc1nc(C)c(C)nc1-c1cc(C)cc(F)c1. The molecule has 4 heteroatoms. The van der Waals surface area contributed by atoms with Gasteiger partial charge < -0.3 is 5.32 Å². The predicted molar refractivity (Wildman–Crippen MR) is 71.2 cm³/mol. The first kappa shape index (κ1) is 12.5. The van der Waals surface area contributed by atoms with Crippen LogP contribution in [0.2, 0.25) is 0 Å². The van der Waals surface area contributed by atoms with Crippen LogP contribution in [0.3, 0.4) is 0 Å². The summed E-state index contributed by atoms with van der Waals surface area (Å²) in [5.41, 5.74) is 4.02. The third-order valence-corrected chi connectivity index (χ3v) is 2.86. The number of rotatable bonds is 2. The summed E-state index contributed by atoms with van der Waals surface area (Å²) in [5.74, 6) is 0.412. The van der Waals surface area contributed by atoms with E-state index in [1.54, 1.807) is 7.05 Å². The van der Waals surface area contributed by atoms with E-state index in [2.05, 4.69) is 15.3 Å². The molecular formula is C14H16FN3. The lowest BCUT2D eigenvalue weighted by molar-refractivity contribution is 0.627. The van der Waals surface area contributed by atoms with Gasteiger partial charge in [0.05, 0.1) is 11.4 Å². The number of aromatic nitrogens is 2. The van der Waals surface area contributed by atoms with E-state index in [-0.39, 0.29) is 5.82 Å². The number of halogens is 1. The summed E-state index contributed by atoms with van der Waals surface area (Å²) in [7, 11) is 1.79. The largest absolute Gasteiger partial charge is 0.371 e. The van der Waals surface area contributed by atoms with Gasteiger partial charge in [0.25, 0.3) is 0 Å². The van der Waals surface area contributed by atoms with Gasteiger partial charge in [-0.1, -0.05) is 0 Å². The summed E-state index contributed by atoms with van der Waals surface area (Å²) in [5, 5.41) is 3.00. The number of anilines is 1. The lowest BCUT2D eigenvalue weighted by Gasteiger charge is -2.11. The first-order chi connectivity index (χ1) is 8.51. The summed E-state index contributed by atoms with van der Waals surface area (Å²) in [6.45, 7) is 5.67. The molecule has 1 aromatic heterocycles. The van der Waals surface area contributed by atoms with Crippen molar-refractivity contribution in [2.24, 2.45) is 0 Å². The van der Waals surface area contributed by atoms with Gasteiger partial charge in [-0.3, -0.25) is 0 Å². The molecule has 1 N–H and O–H groups in total. The molecule has 2 aromatic rings. The van der Waals surface area contributed by atoms with E-state index < -0.39 is 0 Å². The molecule has 0 aliphatic carbocycles. The minimum absolute atomic E-state index is 0.257. The van der Waals surface area contributed by atoms with Crippen molar-refractivity contribution in [3.63, 3.8) is 0 Å². The molecule has 0 saturated carbocycles. The minimum atomic E-state index is -0.257. The smallest absolute Gasteiger partial charge is 0.152 e. The second-order valence-corrected chi connectivity index (χ2v) is 4.36. The summed E-state index contributed by atoms with van der Waals surface area (Å²) in [6, 6.07) is 4.88. The molecule has 2 rings (SSSR count). The van der Waals surface area contributed by atoms with Gasteiger partial charge in [-0.25, -0.2) is 14.4 Å². The van der Waals surface area contributed by atoms with Gasteiger partial charge in [0.1, 0.15) is 11.5 Å². The van der Waals surface area contributed by atoms with E-state index in [9.17, 15) is 4.39 Å². The number of nitrogens with one attached hydrogen (secondary N) is 1. The fraction of sp³-hybridized carbons (Fsp3) is 0.286. The van der Waals surface area contributed by atoms with E-state index in [1.807, 2.05) is 26.8 Å². The van der Waals surface area contributed by atoms with Crippen LogP contribution in [-0.2, 0) is 0 Å². The molecule has 3 nitrogen and oxygen atoms in total. The third-order valence-electron chi connectivity index (χ3n) is 2.86. The zero-order valence-electron chi connectivity index (χ0n) is 11.0. The zero-order chi connectivity index (χ0) is 13.3. The average molecular weight is 245 g/mol. The van der Waals surface area contributed by atoms with Crippen LogP contribution in [-0.4, -0.2) is 17.0 Å². The Bertz CT molecular complexity index is 574. The highest BCUT2D eigenvalue weighted by atomic mass is 19.1. The van der Waals surface area contributed by atoms with Gasteiger partial charge in [-0.15, -0.1) is 0 Å². The Morgan fingerprint density at radius 2 is 1.67 bits per heavy atom. The Labute approximate surface area is 106 Å².